The van der Waals surface area contributed by atoms with Gasteiger partial charge in [0, 0.05) is 29.1 Å². The number of nitrogen functional groups attached to an aromatic ring is 1. The zero-order chi connectivity index (χ0) is 19.3. The fourth-order valence-electron chi connectivity index (χ4n) is 3.71. The van der Waals surface area contributed by atoms with E-state index in [-0.39, 0.29) is 0 Å². The van der Waals surface area contributed by atoms with Gasteiger partial charge in [-0.05, 0) is 30.2 Å². The van der Waals surface area contributed by atoms with E-state index in [0.29, 0.717) is 35.2 Å². The molecule has 0 fully saturated rings. The van der Waals surface area contributed by atoms with Gasteiger partial charge >= 0.3 is 0 Å². The molecule has 2 N–H and O–H groups in total. The molecule has 0 atom stereocenters. The molecule has 5 rings (SSSR count). The number of ether oxygens (including phenoxy) is 1. The van der Waals surface area contributed by atoms with E-state index in [2.05, 4.69) is 35.9 Å². The Morgan fingerprint density at radius 1 is 1.25 bits per heavy atom. The minimum Gasteiger partial charge on any atom is -0.494 e. The number of rotatable bonds is 3. The van der Waals surface area contributed by atoms with Gasteiger partial charge in [0.05, 0.1) is 19.3 Å². The number of hydrogen-bond acceptors (Lipinski definition) is 7. The first-order valence-electron chi connectivity index (χ1n) is 8.96. The van der Waals surface area contributed by atoms with Gasteiger partial charge in [-0.25, -0.2) is 9.97 Å². The first-order chi connectivity index (χ1) is 13.6. The van der Waals surface area contributed by atoms with E-state index >= 15 is 0 Å². The van der Waals surface area contributed by atoms with Crippen molar-refractivity contribution in [2.75, 3.05) is 19.4 Å². The van der Waals surface area contributed by atoms with Crippen molar-refractivity contribution in [2.45, 2.75) is 19.5 Å². The highest BCUT2D eigenvalue weighted by molar-refractivity contribution is 9.10. The predicted molar refractivity (Wildman–Crippen MR) is 109 cm³/mol. The second-order valence-electron chi connectivity index (χ2n) is 6.77. The topological polar surface area (TPSA) is 94.5 Å². The highest BCUT2D eigenvalue weighted by Crippen LogP contribution is 2.28. The summed E-state index contributed by atoms with van der Waals surface area (Å²) in [4.78, 5) is 16.0. The van der Waals surface area contributed by atoms with Crippen LogP contribution in [0.4, 0.5) is 5.95 Å². The number of methoxy groups -OCH3 is 1. The van der Waals surface area contributed by atoms with Crippen LogP contribution >= 0.6 is 15.9 Å². The molecule has 4 aromatic rings. The van der Waals surface area contributed by atoms with Gasteiger partial charge < -0.3 is 10.5 Å². The monoisotopic (exact) mass is 439 g/mol. The highest BCUT2D eigenvalue weighted by atomic mass is 79.9. The van der Waals surface area contributed by atoms with Crippen molar-refractivity contribution in [1.29, 1.82) is 0 Å². The maximum Gasteiger partial charge on any atom is 0.223 e. The van der Waals surface area contributed by atoms with Crippen molar-refractivity contribution >= 4 is 38.4 Å². The van der Waals surface area contributed by atoms with Crippen LogP contribution in [0.2, 0.25) is 0 Å². The van der Waals surface area contributed by atoms with Crippen LogP contribution < -0.4 is 10.5 Å². The zero-order valence-corrected chi connectivity index (χ0v) is 16.8. The summed E-state index contributed by atoms with van der Waals surface area (Å²) in [5.74, 6) is 1.67. The van der Waals surface area contributed by atoms with Crippen LogP contribution in [-0.2, 0) is 19.5 Å². The Morgan fingerprint density at radius 3 is 3.00 bits per heavy atom. The van der Waals surface area contributed by atoms with Crippen LogP contribution in [0, 0.1) is 0 Å². The first-order valence-corrected chi connectivity index (χ1v) is 9.76. The van der Waals surface area contributed by atoms with Gasteiger partial charge in [0.15, 0.2) is 11.5 Å². The third-order valence-corrected chi connectivity index (χ3v) is 5.80. The van der Waals surface area contributed by atoms with Crippen molar-refractivity contribution < 1.29 is 4.74 Å². The van der Waals surface area contributed by atoms with Gasteiger partial charge in [-0.3, -0.25) is 9.88 Å². The number of benzene rings is 1. The summed E-state index contributed by atoms with van der Waals surface area (Å²) in [6.07, 6.45) is 2.78. The molecule has 0 aliphatic carbocycles. The molecule has 0 saturated heterocycles. The normalized spacial score (nSPS) is 14.5. The van der Waals surface area contributed by atoms with Crippen LogP contribution in [0.25, 0.3) is 16.6 Å². The lowest BCUT2D eigenvalue weighted by Gasteiger charge is -2.27. The second kappa shape index (κ2) is 6.68. The number of anilines is 1. The molecule has 0 bridgehead atoms. The number of para-hydroxylation sites is 1. The Labute approximate surface area is 169 Å². The van der Waals surface area contributed by atoms with Crippen LogP contribution in [0.5, 0.6) is 5.75 Å². The van der Waals surface area contributed by atoms with E-state index < -0.39 is 0 Å². The molecule has 0 radical (unpaired) electrons. The molecule has 1 aliphatic rings. The summed E-state index contributed by atoms with van der Waals surface area (Å²) in [6.45, 7) is 2.32. The highest BCUT2D eigenvalue weighted by Gasteiger charge is 2.21. The molecule has 28 heavy (non-hydrogen) atoms. The summed E-state index contributed by atoms with van der Waals surface area (Å²) >= 11 is 3.62. The molecule has 3 aromatic heterocycles. The fraction of sp³-hybridized carbons (Fsp3) is 0.263. The van der Waals surface area contributed by atoms with Crippen molar-refractivity contribution in [3.05, 3.63) is 52.0 Å². The summed E-state index contributed by atoms with van der Waals surface area (Å²) in [6, 6.07) is 7.72. The lowest BCUT2D eigenvalue weighted by Crippen LogP contribution is -2.31. The molecule has 0 unspecified atom stereocenters. The molecular weight excluding hydrogens is 422 g/mol. The van der Waals surface area contributed by atoms with Crippen LogP contribution in [0.1, 0.15) is 17.1 Å². The van der Waals surface area contributed by atoms with Gasteiger partial charge in [-0.2, -0.15) is 4.52 Å². The number of aromatic nitrogens is 5. The van der Waals surface area contributed by atoms with E-state index in [1.54, 1.807) is 11.6 Å². The summed E-state index contributed by atoms with van der Waals surface area (Å²) < 4.78 is 8.14. The van der Waals surface area contributed by atoms with Gasteiger partial charge in [0.25, 0.3) is 0 Å². The summed E-state index contributed by atoms with van der Waals surface area (Å²) in [5.41, 5.74) is 9.90. The fourth-order valence-corrected chi connectivity index (χ4v) is 4.25. The van der Waals surface area contributed by atoms with E-state index in [1.165, 1.54) is 5.56 Å². The van der Waals surface area contributed by atoms with E-state index in [9.17, 15) is 0 Å². The minimum absolute atomic E-state index is 0.292. The summed E-state index contributed by atoms with van der Waals surface area (Å²) in [5, 5.41) is 5.45. The van der Waals surface area contributed by atoms with Crippen LogP contribution in [0.15, 0.2) is 34.9 Å². The lowest BCUT2D eigenvalue weighted by molar-refractivity contribution is 0.235. The number of nitrogens with two attached hydrogens (primary N) is 1. The zero-order valence-electron chi connectivity index (χ0n) is 15.3. The molecule has 0 spiro atoms. The maximum absolute atomic E-state index is 6.14. The standard InChI is InChI=1S/C19H18BrN7O/c1-28-15-4-2-3-12-17(15)24-19(21)27-18(12)23-16(25-27)10-26-8-6-11-13(20)5-7-22-14(11)9-26/h2-5,7H,6,8-10H2,1H3,(H2,21,24). The largest absolute Gasteiger partial charge is 0.494 e. The number of hydrogen-bond donors (Lipinski definition) is 1. The molecule has 142 valence electrons. The first kappa shape index (κ1) is 17.3. The molecule has 0 amide bonds. The van der Waals surface area contributed by atoms with E-state index in [1.807, 2.05) is 30.5 Å². The molecule has 1 aliphatic heterocycles. The number of fused-ring (bicyclic) bond motifs is 4. The van der Waals surface area contributed by atoms with Crippen molar-refractivity contribution in [2.24, 2.45) is 0 Å². The number of nitrogens with zero attached hydrogens (tertiary/aromatic N) is 6. The molecular formula is C19H18BrN7O. The SMILES string of the molecule is COc1cccc2c1nc(N)n1nc(CN3CCc4c(Br)ccnc4C3)nc21. The summed E-state index contributed by atoms with van der Waals surface area (Å²) in [7, 11) is 1.62. The minimum atomic E-state index is 0.292. The van der Waals surface area contributed by atoms with Gasteiger partial charge in [0.1, 0.15) is 11.3 Å². The molecule has 8 nitrogen and oxygen atoms in total. The van der Waals surface area contributed by atoms with Crippen molar-refractivity contribution in [3.63, 3.8) is 0 Å². The molecule has 0 saturated carbocycles. The Bertz CT molecular complexity index is 1210. The van der Waals surface area contributed by atoms with Gasteiger partial charge in [0.2, 0.25) is 5.95 Å². The van der Waals surface area contributed by atoms with E-state index in [4.69, 9.17) is 15.5 Å². The third kappa shape index (κ3) is 2.78. The quantitative estimate of drug-likeness (QED) is 0.523. The van der Waals surface area contributed by atoms with Crippen molar-refractivity contribution in [3.8, 4) is 5.75 Å². The Balaban J connectivity index is 1.51. The molecule has 9 heteroatoms. The average molecular weight is 440 g/mol. The number of pyridine rings is 1. The second-order valence-corrected chi connectivity index (χ2v) is 7.62. The maximum atomic E-state index is 6.14. The average Bonchev–Trinajstić information content (AvgIpc) is 3.12. The predicted octanol–water partition coefficient (Wildman–Crippen LogP) is 2.58. The van der Waals surface area contributed by atoms with Crippen LogP contribution in [-0.4, -0.2) is 43.1 Å². The number of halogens is 1. The third-order valence-electron chi connectivity index (χ3n) is 5.06. The Morgan fingerprint density at radius 2 is 2.14 bits per heavy atom. The molecule has 1 aromatic carbocycles. The molecule has 4 heterocycles. The van der Waals surface area contributed by atoms with Crippen LogP contribution in [0.3, 0.4) is 0 Å². The van der Waals surface area contributed by atoms with E-state index in [0.717, 1.165) is 35.1 Å². The van der Waals surface area contributed by atoms with Crippen molar-refractivity contribution in [1.82, 2.24) is 29.5 Å². The van der Waals surface area contributed by atoms with Gasteiger partial charge in [-0.15, -0.1) is 5.10 Å². The Kier molecular flexibility index (Phi) is 4.13. The Hall–Kier alpha value is -2.78. The smallest absolute Gasteiger partial charge is 0.223 e. The van der Waals surface area contributed by atoms with Gasteiger partial charge in [-0.1, -0.05) is 22.0 Å². The lowest BCUT2D eigenvalue weighted by atomic mass is 10.1.